The fraction of sp³-hybridized carbons (Fsp3) is 1.00. The van der Waals surface area contributed by atoms with Gasteiger partial charge in [0.25, 0.3) is 0 Å². The van der Waals surface area contributed by atoms with E-state index in [9.17, 15) is 24.8 Å². The minimum atomic E-state index is -4.59. The molecule has 9 unspecified atom stereocenters. The van der Waals surface area contributed by atoms with Crippen molar-refractivity contribution < 1.29 is 48.0 Å². The Bertz CT molecular complexity index is 546. The van der Waals surface area contributed by atoms with Gasteiger partial charge in [-0.05, 0) is 20.8 Å². The molecule has 2 heterocycles. The molecule has 2 aliphatic heterocycles. The van der Waals surface area contributed by atoms with Gasteiger partial charge in [-0.25, -0.2) is 4.57 Å². The Hall–Kier alpha value is -0.000130. The second kappa shape index (κ2) is 8.79. The minimum absolute atomic E-state index is 0.0592. The third-order valence-corrected chi connectivity index (χ3v) is 5.50. The van der Waals surface area contributed by atoms with Crippen molar-refractivity contribution in [3.05, 3.63) is 0 Å². The topological polar surface area (TPSA) is 144 Å². The Labute approximate surface area is 160 Å². The lowest BCUT2D eigenvalue weighted by atomic mass is 9.93. The Morgan fingerprint density at radius 2 is 1.52 bits per heavy atom. The lowest BCUT2D eigenvalue weighted by Gasteiger charge is -2.27. The van der Waals surface area contributed by atoms with E-state index in [1.165, 1.54) is 0 Å². The first-order chi connectivity index (χ1) is 12.3. The summed E-state index contributed by atoms with van der Waals surface area (Å²) in [5, 5.41) is 29.7. The van der Waals surface area contributed by atoms with E-state index in [0.717, 1.165) is 0 Å². The second-order valence-corrected chi connectivity index (χ2v) is 9.39. The van der Waals surface area contributed by atoms with Crippen molar-refractivity contribution in [2.75, 3.05) is 13.2 Å². The zero-order valence-electron chi connectivity index (χ0n) is 16.2. The van der Waals surface area contributed by atoms with Crippen LogP contribution in [-0.4, -0.2) is 103 Å². The van der Waals surface area contributed by atoms with Crippen LogP contribution in [0.3, 0.4) is 0 Å². The summed E-state index contributed by atoms with van der Waals surface area (Å²) >= 11 is 0. The van der Waals surface area contributed by atoms with E-state index >= 15 is 0 Å². The zero-order valence-corrected chi connectivity index (χ0v) is 17.1. The van der Waals surface area contributed by atoms with Crippen LogP contribution in [0.15, 0.2) is 0 Å². The van der Waals surface area contributed by atoms with E-state index < -0.39 is 68.7 Å². The Morgan fingerprint density at radius 3 is 2.04 bits per heavy atom. The van der Waals surface area contributed by atoms with Crippen molar-refractivity contribution in [2.24, 2.45) is 0 Å². The maximum atomic E-state index is 12.3. The first kappa shape index (κ1) is 23.3. The molecule has 0 aromatic carbocycles. The summed E-state index contributed by atoms with van der Waals surface area (Å²) in [7, 11) is -1.41. The standard InChI is InChI=1S/C14H29B2O10P/c1-14(2,3)22-4-7-11(10(19)13(16)25-7)26-27(20,21)23-5-6-8(17)9(18)12(15)24-6/h6-13,17-19H,4-5,15-16H2,1-3H3,(H,20,21). The summed E-state index contributed by atoms with van der Waals surface area (Å²) in [6.07, 6.45) is -6.35. The van der Waals surface area contributed by atoms with Gasteiger partial charge in [-0.1, -0.05) is 0 Å². The molecule has 0 bridgehead atoms. The lowest BCUT2D eigenvalue weighted by molar-refractivity contribution is -0.0828. The van der Waals surface area contributed by atoms with Crippen LogP contribution in [0.25, 0.3) is 0 Å². The molecule has 10 nitrogen and oxygen atoms in total. The molecule has 0 radical (unpaired) electrons. The van der Waals surface area contributed by atoms with Crippen LogP contribution >= 0.6 is 7.82 Å². The van der Waals surface area contributed by atoms with Crippen LogP contribution in [0.2, 0.25) is 0 Å². The fourth-order valence-corrected chi connectivity index (χ4v) is 3.91. The van der Waals surface area contributed by atoms with Crippen molar-refractivity contribution >= 4 is 23.5 Å². The molecule has 0 aromatic heterocycles. The Balaban J connectivity index is 1.94. The fourth-order valence-electron chi connectivity index (χ4n) is 2.94. The van der Waals surface area contributed by atoms with Crippen LogP contribution in [0.1, 0.15) is 20.8 Å². The van der Waals surface area contributed by atoms with E-state index in [1.54, 1.807) is 15.7 Å². The van der Waals surface area contributed by atoms with Gasteiger partial charge < -0.3 is 34.4 Å². The number of phosphoric acid groups is 1. The summed E-state index contributed by atoms with van der Waals surface area (Å²) in [4.78, 5) is 10.0. The van der Waals surface area contributed by atoms with Crippen molar-refractivity contribution in [3.63, 3.8) is 0 Å². The molecule has 9 atom stereocenters. The van der Waals surface area contributed by atoms with Crippen LogP contribution < -0.4 is 0 Å². The molecule has 2 saturated heterocycles. The third-order valence-electron chi connectivity index (χ3n) is 4.51. The normalized spacial score (nSPS) is 42.3. The lowest BCUT2D eigenvalue weighted by Crippen LogP contribution is -2.38. The molecule has 2 rings (SSSR count). The highest BCUT2D eigenvalue weighted by Gasteiger charge is 2.47. The predicted octanol–water partition coefficient (Wildman–Crippen LogP) is -2.90. The highest BCUT2D eigenvalue weighted by Crippen LogP contribution is 2.47. The maximum absolute atomic E-state index is 12.3. The number of rotatable bonds is 7. The Morgan fingerprint density at radius 1 is 0.963 bits per heavy atom. The summed E-state index contributed by atoms with van der Waals surface area (Å²) in [6, 6.07) is -1.24. The van der Waals surface area contributed by atoms with Crippen LogP contribution in [0, 0.1) is 0 Å². The quantitative estimate of drug-likeness (QED) is 0.255. The SMILES string of the molecule is BC1OC(COP(=O)(O)OC2C(COC(C)(C)C)OC(B)C2O)C(O)C1O. The highest BCUT2D eigenvalue weighted by molar-refractivity contribution is 7.47. The van der Waals surface area contributed by atoms with Crippen LogP contribution in [0.4, 0.5) is 0 Å². The number of ether oxygens (including phenoxy) is 3. The van der Waals surface area contributed by atoms with Gasteiger partial charge in [0, 0.05) is 0 Å². The van der Waals surface area contributed by atoms with Crippen molar-refractivity contribution in [1.29, 1.82) is 0 Å². The van der Waals surface area contributed by atoms with Crippen molar-refractivity contribution in [3.8, 4) is 0 Å². The molecule has 2 aliphatic rings. The Kier molecular flexibility index (Phi) is 7.58. The first-order valence-electron chi connectivity index (χ1n) is 8.95. The molecular weight excluding hydrogens is 381 g/mol. The molecule has 0 aromatic rings. The minimum Gasteiger partial charge on any atom is -0.388 e. The van der Waals surface area contributed by atoms with E-state index in [0.29, 0.717) is 0 Å². The van der Waals surface area contributed by atoms with Gasteiger partial charge in [0.05, 0.1) is 30.8 Å². The smallest absolute Gasteiger partial charge is 0.388 e. The number of hydrogen-bond acceptors (Lipinski definition) is 9. The van der Waals surface area contributed by atoms with E-state index in [-0.39, 0.29) is 6.61 Å². The zero-order chi connectivity index (χ0) is 20.6. The summed E-state index contributed by atoms with van der Waals surface area (Å²) in [5.74, 6) is 0. The van der Waals surface area contributed by atoms with Crippen molar-refractivity contribution in [2.45, 2.75) is 75.0 Å². The molecule has 4 N–H and O–H groups in total. The van der Waals surface area contributed by atoms with Gasteiger partial charge in [0.2, 0.25) is 0 Å². The van der Waals surface area contributed by atoms with Gasteiger partial charge in [-0.3, -0.25) is 9.05 Å². The highest BCUT2D eigenvalue weighted by atomic mass is 31.2. The van der Waals surface area contributed by atoms with E-state index in [4.69, 9.17) is 23.3 Å². The molecule has 0 aliphatic carbocycles. The van der Waals surface area contributed by atoms with Gasteiger partial charge in [-0.15, -0.1) is 0 Å². The molecule has 13 heteroatoms. The monoisotopic (exact) mass is 410 g/mol. The number of hydrogen-bond donors (Lipinski definition) is 4. The van der Waals surface area contributed by atoms with Gasteiger partial charge in [0.15, 0.2) is 0 Å². The average molecular weight is 410 g/mol. The first-order valence-corrected chi connectivity index (χ1v) is 10.4. The molecule has 0 spiro atoms. The molecule has 0 amide bonds. The second-order valence-electron chi connectivity index (χ2n) is 7.99. The van der Waals surface area contributed by atoms with Crippen molar-refractivity contribution in [1.82, 2.24) is 0 Å². The summed E-state index contributed by atoms with van der Waals surface area (Å²) < 4.78 is 38.8. The predicted molar refractivity (Wildman–Crippen MR) is 98.8 cm³/mol. The molecule has 2 fully saturated rings. The number of phosphoric ester groups is 1. The van der Waals surface area contributed by atoms with E-state index in [2.05, 4.69) is 0 Å². The number of aliphatic hydroxyl groups excluding tert-OH is 3. The molecule has 0 saturated carbocycles. The van der Waals surface area contributed by atoms with Gasteiger partial charge in [-0.2, -0.15) is 0 Å². The van der Waals surface area contributed by atoms with E-state index in [1.807, 2.05) is 20.8 Å². The maximum Gasteiger partial charge on any atom is 0.472 e. The molecule has 27 heavy (non-hydrogen) atoms. The van der Waals surface area contributed by atoms with Crippen LogP contribution in [-0.2, 0) is 27.8 Å². The summed E-state index contributed by atoms with van der Waals surface area (Å²) in [6.45, 7) is 5.14. The molecule has 156 valence electrons. The van der Waals surface area contributed by atoms with Gasteiger partial charge >= 0.3 is 7.82 Å². The largest absolute Gasteiger partial charge is 0.472 e. The summed E-state index contributed by atoms with van der Waals surface area (Å²) in [5.41, 5.74) is -0.461. The number of aliphatic hydroxyl groups is 3. The third kappa shape index (κ3) is 6.24. The molecular formula is C14H29B2O10P. The van der Waals surface area contributed by atoms with Gasteiger partial charge in [0.1, 0.15) is 52.3 Å². The van der Waals surface area contributed by atoms with Crippen LogP contribution in [0.5, 0.6) is 0 Å². The average Bonchev–Trinajstić information content (AvgIpc) is 2.95.